The van der Waals surface area contributed by atoms with Crippen molar-refractivity contribution in [2.24, 2.45) is 0 Å². The number of nitrogens with zero attached hydrogens (tertiary/aromatic N) is 2. The van der Waals surface area contributed by atoms with Crippen molar-refractivity contribution in [1.82, 2.24) is 14.7 Å². The first-order chi connectivity index (χ1) is 9.31. The van der Waals surface area contributed by atoms with Crippen LogP contribution in [0.5, 0.6) is 0 Å². The molecule has 1 aromatic carbocycles. The quantitative estimate of drug-likeness (QED) is 0.738. The first kappa shape index (κ1) is 11.1. The van der Waals surface area contributed by atoms with Gasteiger partial charge in [0.1, 0.15) is 5.82 Å². The summed E-state index contributed by atoms with van der Waals surface area (Å²) in [6, 6.07) is 6.50. The molecule has 1 aliphatic rings. The fraction of sp³-hybridized carbons (Fsp3) is 0.214. The van der Waals surface area contributed by atoms with Gasteiger partial charge >= 0.3 is 0 Å². The van der Waals surface area contributed by atoms with Crippen molar-refractivity contribution >= 4 is 16.3 Å². The Balaban J connectivity index is 1.84. The Kier molecular flexibility index (Phi) is 2.43. The molecule has 0 amide bonds. The van der Waals surface area contributed by atoms with Gasteiger partial charge in [-0.15, -0.1) is 0 Å². The number of benzene rings is 1. The number of hydrogen-bond acceptors (Lipinski definition) is 3. The van der Waals surface area contributed by atoms with Crippen LogP contribution in [0.1, 0.15) is 10.6 Å². The number of halogens is 1. The Hall–Kier alpha value is -1.72. The van der Waals surface area contributed by atoms with E-state index in [2.05, 4.69) is 20.9 Å². The number of thiazole rings is 1. The largest absolute Gasteiger partial charge is 0.311 e. The van der Waals surface area contributed by atoms with E-state index in [1.54, 1.807) is 23.5 Å². The predicted molar refractivity (Wildman–Crippen MR) is 73.9 cm³/mol. The number of fused-ring (bicyclic) bond motifs is 3. The third kappa shape index (κ3) is 1.77. The molecule has 96 valence electrons. The molecule has 0 saturated carbocycles. The van der Waals surface area contributed by atoms with Gasteiger partial charge in [-0.2, -0.15) is 0 Å². The maximum absolute atomic E-state index is 12.9. The van der Waals surface area contributed by atoms with Gasteiger partial charge in [-0.25, -0.2) is 9.37 Å². The molecule has 2 aromatic heterocycles. The Morgan fingerprint density at radius 3 is 2.95 bits per heavy atom. The van der Waals surface area contributed by atoms with Crippen LogP contribution < -0.4 is 5.32 Å². The van der Waals surface area contributed by atoms with Crippen LogP contribution in [0, 0.1) is 5.82 Å². The zero-order chi connectivity index (χ0) is 12.8. The molecule has 0 aliphatic carbocycles. The van der Waals surface area contributed by atoms with Crippen molar-refractivity contribution in [2.75, 3.05) is 6.54 Å². The van der Waals surface area contributed by atoms with Crippen LogP contribution in [-0.4, -0.2) is 15.9 Å². The highest BCUT2D eigenvalue weighted by Crippen LogP contribution is 2.29. The minimum absolute atomic E-state index is 0.215. The molecule has 0 fully saturated rings. The van der Waals surface area contributed by atoms with E-state index in [0.29, 0.717) is 0 Å². The summed E-state index contributed by atoms with van der Waals surface area (Å²) in [5.41, 5.74) is 3.23. The van der Waals surface area contributed by atoms with Gasteiger partial charge in [-0.1, -0.05) is 11.3 Å². The van der Waals surface area contributed by atoms with Gasteiger partial charge in [0.2, 0.25) is 0 Å². The Labute approximate surface area is 113 Å². The van der Waals surface area contributed by atoms with E-state index in [4.69, 9.17) is 0 Å². The van der Waals surface area contributed by atoms with Gasteiger partial charge in [0.05, 0.1) is 5.69 Å². The predicted octanol–water partition coefficient (Wildman–Crippen LogP) is 2.85. The number of nitrogens with one attached hydrogen (secondary N) is 1. The summed E-state index contributed by atoms with van der Waals surface area (Å²) in [4.78, 5) is 7.04. The molecule has 0 atom stereocenters. The molecule has 0 spiro atoms. The molecule has 0 saturated heterocycles. The summed E-state index contributed by atoms with van der Waals surface area (Å²) in [6.07, 6.45) is 3.10. The minimum Gasteiger partial charge on any atom is -0.311 e. The molecule has 1 N–H and O–H groups in total. The van der Waals surface area contributed by atoms with E-state index in [9.17, 15) is 4.39 Å². The molecule has 0 bridgehead atoms. The van der Waals surface area contributed by atoms with E-state index in [1.807, 2.05) is 0 Å². The van der Waals surface area contributed by atoms with Crippen LogP contribution >= 0.6 is 11.3 Å². The van der Waals surface area contributed by atoms with Gasteiger partial charge in [0.15, 0.2) is 4.96 Å². The van der Waals surface area contributed by atoms with Crippen LogP contribution in [0.4, 0.5) is 4.39 Å². The Morgan fingerprint density at radius 1 is 1.26 bits per heavy atom. The van der Waals surface area contributed by atoms with Crippen LogP contribution in [0.25, 0.3) is 16.2 Å². The SMILES string of the molecule is Fc1ccc(-c2cn3c4c(sc3n2)CNCC4)cc1. The van der Waals surface area contributed by atoms with E-state index < -0.39 is 0 Å². The highest BCUT2D eigenvalue weighted by molar-refractivity contribution is 7.17. The second-order valence-electron chi connectivity index (χ2n) is 4.68. The molecule has 4 rings (SSSR count). The van der Waals surface area contributed by atoms with Crippen molar-refractivity contribution in [3.05, 3.63) is 46.9 Å². The number of imidazole rings is 1. The molecule has 1 aliphatic heterocycles. The molecular formula is C14H12FN3S. The van der Waals surface area contributed by atoms with Crippen molar-refractivity contribution < 1.29 is 4.39 Å². The lowest BCUT2D eigenvalue weighted by Gasteiger charge is -2.11. The third-order valence-electron chi connectivity index (χ3n) is 3.46. The lowest BCUT2D eigenvalue weighted by molar-refractivity contribution is 0.628. The van der Waals surface area contributed by atoms with Crippen LogP contribution in [0.3, 0.4) is 0 Å². The van der Waals surface area contributed by atoms with E-state index in [0.717, 1.165) is 35.7 Å². The van der Waals surface area contributed by atoms with Gasteiger partial charge in [0, 0.05) is 41.8 Å². The summed E-state index contributed by atoms with van der Waals surface area (Å²) >= 11 is 1.73. The second-order valence-corrected chi connectivity index (χ2v) is 5.75. The van der Waals surface area contributed by atoms with Crippen LogP contribution in [0.2, 0.25) is 0 Å². The van der Waals surface area contributed by atoms with Gasteiger partial charge in [0.25, 0.3) is 0 Å². The minimum atomic E-state index is -0.215. The maximum Gasteiger partial charge on any atom is 0.194 e. The van der Waals surface area contributed by atoms with Crippen molar-refractivity contribution in [3.8, 4) is 11.3 Å². The van der Waals surface area contributed by atoms with Crippen LogP contribution in [0.15, 0.2) is 30.5 Å². The molecule has 0 unspecified atom stereocenters. The Morgan fingerprint density at radius 2 is 2.11 bits per heavy atom. The van der Waals surface area contributed by atoms with Gasteiger partial charge < -0.3 is 5.32 Å². The highest BCUT2D eigenvalue weighted by Gasteiger charge is 2.17. The maximum atomic E-state index is 12.9. The summed E-state index contributed by atoms with van der Waals surface area (Å²) in [5.74, 6) is -0.215. The zero-order valence-electron chi connectivity index (χ0n) is 10.2. The average molecular weight is 273 g/mol. The van der Waals surface area contributed by atoms with Crippen molar-refractivity contribution in [3.63, 3.8) is 0 Å². The molecular weight excluding hydrogens is 261 g/mol. The highest BCUT2D eigenvalue weighted by atomic mass is 32.1. The summed E-state index contributed by atoms with van der Waals surface area (Å²) < 4.78 is 15.1. The average Bonchev–Trinajstić information content (AvgIpc) is 2.97. The molecule has 3 nitrogen and oxygen atoms in total. The smallest absolute Gasteiger partial charge is 0.194 e. The first-order valence-electron chi connectivity index (χ1n) is 6.27. The van der Waals surface area contributed by atoms with Crippen molar-refractivity contribution in [1.29, 1.82) is 0 Å². The number of aromatic nitrogens is 2. The zero-order valence-corrected chi connectivity index (χ0v) is 11.0. The van der Waals surface area contributed by atoms with E-state index in [-0.39, 0.29) is 5.82 Å². The summed E-state index contributed by atoms with van der Waals surface area (Å²) in [7, 11) is 0. The molecule has 5 heteroatoms. The van der Waals surface area contributed by atoms with Crippen molar-refractivity contribution in [2.45, 2.75) is 13.0 Å². The Bertz CT molecular complexity index is 742. The normalized spacial score (nSPS) is 14.8. The summed E-state index contributed by atoms with van der Waals surface area (Å²) in [6.45, 7) is 1.96. The number of rotatable bonds is 1. The van der Waals surface area contributed by atoms with Crippen LogP contribution in [-0.2, 0) is 13.0 Å². The topological polar surface area (TPSA) is 29.3 Å². The van der Waals surface area contributed by atoms with E-state index >= 15 is 0 Å². The number of hydrogen-bond donors (Lipinski definition) is 1. The van der Waals surface area contributed by atoms with E-state index in [1.165, 1.54) is 22.7 Å². The first-order valence-corrected chi connectivity index (χ1v) is 7.09. The monoisotopic (exact) mass is 273 g/mol. The molecule has 3 heterocycles. The molecule has 3 aromatic rings. The molecule has 0 radical (unpaired) electrons. The fourth-order valence-electron chi connectivity index (χ4n) is 2.50. The lowest BCUT2D eigenvalue weighted by Crippen LogP contribution is -2.23. The second kappa shape index (κ2) is 4.15. The third-order valence-corrected chi connectivity index (χ3v) is 4.56. The standard InChI is InChI=1S/C14H12FN3S/c15-10-3-1-9(2-4-10)11-8-18-12-5-6-16-7-13(12)19-14(18)17-11/h1-4,8,16H,5-7H2. The fourth-order valence-corrected chi connectivity index (χ4v) is 3.62. The lowest BCUT2D eigenvalue weighted by atomic mass is 10.2. The van der Waals surface area contributed by atoms with Gasteiger partial charge in [-0.3, -0.25) is 4.40 Å². The molecule has 19 heavy (non-hydrogen) atoms. The summed E-state index contributed by atoms with van der Waals surface area (Å²) in [5, 5.41) is 3.37. The van der Waals surface area contributed by atoms with Gasteiger partial charge in [-0.05, 0) is 24.3 Å².